The Bertz CT molecular complexity index is 157. The van der Waals surface area contributed by atoms with Crippen LogP contribution in [-0.4, -0.2) is 32.3 Å². The third-order valence-corrected chi connectivity index (χ3v) is 1.07. The van der Waals surface area contributed by atoms with Crippen molar-refractivity contribution in [2.75, 3.05) is 14.2 Å². The van der Waals surface area contributed by atoms with Gasteiger partial charge in [-0.3, -0.25) is 0 Å². The van der Waals surface area contributed by atoms with Crippen LogP contribution in [0.5, 0.6) is 0 Å². The van der Waals surface area contributed by atoms with Gasteiger partial charge in [0.15, 0.2) is 0 Å². The molecule has 1 atom stereocenters. The SMILES string of the molecule is COC(=O)N[C@H](C)C(=O)OC. The molecule has 0 spiro atoms. The maximum absolute atomic E-state index is 10.7. The zero-order valence-corrected chi connectivity index (χ0v) is 6.71. The first-order chi connectivity index (χ1) is 5.11. The van der Waals surface area contributed by atoms with E-state index in [1.54, 1.807) is 0 Å². The molecule has 0 fully saturated rings. The van der Waals surface area contributed by atoms with Crippen molar-refractivity contribution in [1.29, 1.82) is 0 Å². The quantitative estimate of drug-likeness (QED) is 0.574. The van der Waals surface area contributed by atoms with Crippen LogP contribution in [0.3, 0.4) is 0 Å². The fraction of sp³-hybridized carbons (Fsp3) is 0.667. The summed E-state index contributed by atoms with van der Waals surface area (Å²) in [5.41, 5.74) is 0. The Morgan fingerprint density at radius 3 is 2.18 bits per heavy atom. The molecular weight excluding hydrogens is 150 g/mol. The highest BCUT2D eigenvalue weighted by molar-refractivity contribution is 5.80. The fourth-order valence-corrected chi connectivity index (χ4v) is 0.471. The highest BCUT2D eigenvalue weighted by Gasteiger charge is 2.15. The van der Waals surface area contributed by atoms with Crippen LogP contribution < -0.4 is 5.32 Å². The van der Waals surface area contributed by atoms with Crippen molar-refractivity contribution in [2.24, 2.45) is 0 Å². The van der Waals surface area contributed by atoms with Gasteiger partial charge in [0.05, 0.1) is 14.2 Å². The van der Waals surface area contributed by atoms with Crippen molar-refractivity contribution in [3.63, 3.8) is 0 Å². The van der Waals surface area contributed by atoms with E-state index in [-0.39, 0.29) is 0 Å². The number of hydrogen-bond donors (Lipinski definition) is 1. The Kier molecular flexibility index (Phi) is 4.02. The Balaban J connectivity index is 3.77. The molecule has 0 aliphatic rings. The first-order valence-corrected chi connectivity index (χ1v) is 3.04. The van der Waals surface area contributed by atoms with Crippen LogP contribution in [-0.2, 0) is 14.3 Å². The third kappa shape index (κ3) is 3.44. The number of hydrogen-bond acceptors (Lipinski definition) is 4. The van der Waals surface area contributed by atoms with Crippen molar-refractivity contribution in [1.82, 2.24) is 5.32 Å². The largest absolute Gasteiger partial charge is 0.467 e. The lowest BCUT2D eigenvalue weighted by molar-refractivity contribution is -0.142. The standard InChI is InChI=1S/C6H11NO4/c1-4(5(8)10-2)7-6(9)11-3/h4H,1-3H3,(H,7,9)/t4-/m1/s1. The summed E-state index contributed by atoms with van der Waals surface area (Å²) >= 11 is 0. The maximum Gasteiger partial charge on any atom is 0.407 e. The molecule has 0 aliphatic heterocycles. The van der Waals surface area contributed by atoms with Crippen molar-refractivity contribution < 1.29 is 19.1 Å². The van der Waals surface area contributed by atoms with Gasteiger partial charge in [0.2, 0.25) is 0 Å². The zero-order valence-electron chi connectivity index (χ0n) is 6.71. The van der Waals surface area contributed by atoms with E-state index in [4.69, 9.17) is 0 Å². The van der Waals surface area contributed by atoms with Gasteiger partial charge in [0, 0.05) is 0 Å². The summed E-state index contributed by atoms with van der Waals surface area (Å²) in [5.74, 6) is -0.504. The number of carbonyl (C=O) groups is 2. The molecule has 0 saturated heterocycles. The minimum atomic E-state index is -0.674. The van der Waals surface area contributed by atoms with E-state index in [1.807, 2.05) is 0 Å². The van der Waals surface area contributed by atoms with Crippen molar-refractivity contribution in [3.05, 3.63) is 0 Å². The first kappa shape index (κ1) is 9.74. The van der Waals surface area contributed by atoms with E-state index in [0.29, 0.717) is 0 Å². The molecule has 0 aromatic heterocycles. The van der Waals surface area contributed by atoms with E-state index in [0.717, 1.165) is 0 Å². The number of methoxy groups -OCH3 is 2. The molecule has 0 heterocycles. The highest BCUT2D eigenvalue weighted by Crippen LogP contribution is 1.85. The number of ether oxygens (including phenoxy) is 2. The minimum absolute atomic E-state index is 0.504. The normalized spacial score (nSPS) is 11.5. The van der Waals surface area contributed by atoms with Gasteiger partial charge in [-0.25, -0.2) is 9.59 Å². The van der Waals surface area contributed by atoms with Crippen LogP contribution in [0.15, 0.2) is 0 Å². The Hall–Kier alpha value is -1.26. The van der Waals surface area contributed by atoms with E-state index in [2.05, 4.69) is 14.8 Å². The average Bonchev–Trinajstić information content (AvgIpc) is 2.02. The lowest BCUT2D eigenvalue weighted by atomic mass is 10.3. The number of nitrogens with one attached hydrogen (secondary N) is 1. The molecule has 0 radical (unpaired) electrons. The van der Waals surface area contributed by atoms with Gasteiger partial charge >= 0.3 is 12.1 Å². The third-order valence-electron chi connectivity index (χ3n) is 1.07. The Morgan fingerprint density at radius 1 is 1.27 bits per heavy atom. The summed E-state index contributed by atoms with van der Waals surface area (Å²) in [4.78, 5) is 21.2. The molecular formula is C6H11NO4. The van der Waals surface area contributed by atoms with Gasteiger partial charge < -0.3 is 14.8 Å². The molecule has 0 bridgehead atoms. The number of rotatable bonds is 2. The molecule has 0 aliphatic carbocycles. The highest BCUT2D eigenvalue weighted by atomic mass is 16.5. The number of alkyl carbamates (subject to hydrolysis) is 1. The van der Waals surface area contributed by atoms with Gasteiger partial charge in [-0.15, -0.1) is 0 Å². The van der Waals surface area contributed by atoms with E-state index in [9.17, 15) is 9.59 Å². The van der Waals surface area contributed by atoms with Gasteiger partial charge in [-0.2, -0.15) is 0 Å². The average molecular weight is 161 g/mol. The Morgan fingerprint density at radius 2 is 1.82 bits per heavy atom. The first-order valence-electron chi connectivity index (χ1n) is 3.04. The van der Waals surface area contributed by atoms with Gasteiger partial charge in [-0.05, 0) is 6.92 Å². The van der Waals surface area contributed by atoms with Crippen LogP contribution in [0.2, 0.25) is 0 Å². The van der Waals surface area contributed by atoms with Crippen molar-refractivity contribution >= 4 is 12.1 Å². The predicted octanol–water partition coefficient (Wildman–Crippen LogP) is -0.0961. The lowest BCUT2D eigenvalue weighted by Gasteiger charge is -2.09. The fourth-order valence-electron chi connectivity index (χ4n) is 0.471. The van der Waals surface area contributed by atoms with Crippen LogP contribution in [0.1, 0.15) is 6.92 Å². The van der Waals surface area contributed by atoms with Crippen LogP contribution in [0, 0.1) is 0 Å². The van der Waals surface area contributed by atoms with Gasteiger partial charge in [0.1, 0.15) is 6.04 Å². The molecule has 0 unspecified atom stereocenters. The van der Waals surface area contributed by atoms with E-state index in [1.165, 1.54) is 21.1 Å². The second kappa shape index (κ2) is 4.54. The van der Waals surface area contributed by atoms with Gasteiger partial charge in [-0.1, -0.05) is 0 Å². The molecule has 0 aromatic rings. The molecule has 0 aromatic carbocycles. The second-order valence-corrected chi connectivity index (χ2v) is 1.88. The summed E-state index contributed by atoms with van der Waals surface area (Å²) in [6, 6.07) is -0.674. The zero-order chi connectivity index (χ0) is 8.85. The van der Waals surface area contributed by atoms with Crippen molar-refractivity contribution in [3.8, 4) is 0 Å². The molecule has 11 heavy (non-hydrogen) atoms. The van der Waals surface area contributed by atoms with Gasteiger partial charge in [0.25, 0.3) is 0 Å². The molecule has 0 saturated carbocycles. The maximum atomic E-state index is 10.7. The van der Waals surface area contributed by atoms with E-state index < -0.39 is 18.1 Å². The molecule has 5 heteroatoms. The molecule has 5 nitrogen and oxygen atoms in total. The molecule has 64 valence electrons. The summed E-state index contributed by atoms with van der Waals surface area (Å²) < 4.78 is 8.61. The van der Waals surface area contributed by atoms with Crippen LogP contribution in [0.4, 0.5) is 4.79 Å². The Labute approximate surface area is 64.7 Å². The number of esters is 1. The molecule has 1 amide bonds. The van der Waals surface area contributed by atoms with Crippen molar-refractivity contribution in [2.45, 2.75) is 13.0 Å². The molecule has 1 N–H and O–H groups in total. The predicted molar refractivity (Wildman–Crippen MR) is 37.0 cm³/mol. The minimum Gasteiger partial charge on any atom is -0.467 e. The van der Waals surface area contributed by atoms with Crippen LogP contribution >= 0.6 is 0 Å². The second-order valence-electron chi connectivity index (χ2n) is 1.88. The topological polar surface area (TPSA) is 64.6 Å². The lowest BCUT2D eigenvalue weighted by Crippen LogP contribution is -2.38. The summed E-state index contributed by atoms with van der Waals surface area (Å²) in [6.45, 7) is 1.50. The summed E-state index contributed by atoms with van der Waals surface area (Å²) in [6.07, 6.45) is -0.650. The monoisotopic (exact) mass is 161 g/mol. The number of carbonyl (C=O) groups excluding carboxylic acids is 2. The van der Waals surface area contributed by atoms with Crippen LogP contribution in [0.25, 0.3) is 0 Å². The van der Waals surface area contributed by atoms with E-state index >= 15 is 0 Å². The summed E-state index contributed by atoms with van der Waals surface area (Å²) in [7, 11) is 2.47. The summed E-state index contributed by atoms with van der Waals surface area (Å²) in [5, 5.41) is 2.24. The smallest absolute Gasteiger partial charge is 0.407 e. The molecule has 0 rings (SSSR count). The number of amides is 1.